The zero-order valence-electron chi connectivity index (χ0n) is 7.43. The molecule has 0 aliphatic carbocycles. The molecule has 0 radical (unpaired) electrons. The fraction of sp³-hybridized carbons (Fsp3) is 0.333. The molecule has 0 aromatic heterocycles. The molecule has 1 atom stereocenters. The van der Waals surface area contributed by atoms with Crippen LogP contribution in [-0.2, 0) is 6.42 Å². The Morgan fingerprint density at radius 3 is 2.46 bits per heavy atom. The van der Waals surface area contributed by atoms with Crippen LogP contribution in [0.25, 0.3) is 0 Å². The summed E-state index contributed by atoms with van der Waals surface area (Å²) in [6.07, 6.45) is 0.452. The zero-order chi connectivity index (χ0) is 9.84. The van der Waals surface area contributed by atoms with Crippen molar-refractivity contribution in [3.8, 4) is 0 Å². The van der Waals surface area contributed by atoms with Crippen LogP contribution in [0.2, 0.25) is 0 Å². The van der Waals surface area contributed by atoms with E-state index in [1.165, 1.54) is 0 Å². The number of hydrogen-bond donors (Lipinski definition) is 1. The number of nitrogens with zero attached hydrogens (tertiary/aromatic N) is 1. The van der Waals surface area contributed by atoms with E-state index >= 15 is 0 Å². The number of benzene rings is 1. The summed E-state index contributed by atoms with van der Waals surface area (Å²) in [5, 5.41) is 10.4. The van der Waals surface area contributed by atoms with Gasteiger partial charge in [0.05, 0.1) is 0 Å². The molecule has 0 saturated heterocycles. The second kappa shape index (κ2) is 3.89. The third-order valence-corrected chi connectivity index (χ3v) is 1.87. The van der Waals surface area contributed by atoms with Crippen molar-refractivity contribution in [1.29, 1.82) is 0 Å². The van der Waals surface area contributed by atoms with Crippen molar-refractivity contribution in [1.82, 2.24) is 0 Å². The number of nitrogen functional groups attached to an aromatic ring is 1. The van der Waals surface area contributed by atoms with Crippen LogP contribution in [0.5, 0.6) is 0 Å². The van der Waals surface area contributed by atoms with Crippen LogP contribution in [0.4, 0.5) is 5.69 Å². The predicted octanol–water partition coefficient (Wildman–Crippen LogP) is 1.48. The van der Waals surface area contributed by atoms with Gasteiger partial charge in [0.1, 0.15) is 0 Å². The molecule has 0 aliphatic heterocycles. The Morgan fingerprint density at radius 1 is 1.46 bits per heavy atom. The number of nitrogens with two attached hydrogens (primary N) is 1. The maximum absolute atomic E-state index is 10.4. The van der Waals surface area contributed by atoms with E-state index in [2.05, 4.69) is 0 Å². The van der Waals surface area contributed by atoms with Crippen molar-refractivity contribution in [3.05, 3.63) is 39.9 Å². The maximum Gasteiger partial charge on any atom is 0.214 e. The Kier molecular flexibility index (Phi) is 2.84. The molecule has 4 nitrogen and oxygen atoms in total. The highest BCUT2D eigenvalue weighted by atomic mass is 16.6. The second-order valence-corrected chi connectivity index (χ2v) is 3.08. The van der Waals surface area contributed by atoms with E-state index in [4.69, 9.17) is 5.73 Å². The van der Waals surface area contributed by atoms with E-state index in [-0.39, 0.29) is 4.92 Å². The van der Waals surface area contributed by atoms with Crippen molar-refractivity contribution in [2.45, 2.75) is 19.4 Å². The third-order valence-electron chi connectivity index (χ3n) is 1.87. The van der Waals surface area contributed by atoms with Gasteiger partial charge in [0.2, 0.25) is 6.04 Å². The molecule has 0 heterocycles. The van der Waals surface area contributed by atoms with Crippen LogP contribution < -0.4 is 5.73 Å². The lowest BCUT2D eigenvalue weighted by Gasteiger charge is -2.03. The maximum atomic E-state index is 10.4. The molecule has 1 rings (SSSR count). The van der Waals surface area contributed by atoms with Crippen molar-refractivity contribution < 1.29 is 4.92 Å². The largest absolute Gasteiger partial charge is 0.399 e. The van der Waals surface area contributed by atoms with Crippen LogP contribution in [0.15, 0.2) is 24.3 Å². The van der Waals surface area contributed by atoms with Gasteiger partial charge >= 0.3 is 0 Å². The van der Waals surface area contributed by atoms with Gasteiger partial charge in [0.25, 0.3) is 0 Å². The molecule has 1 aromatic carbocycles. The Morgan fingerprint density at radius 2 is 2.00 bits per heavy atom. The highest BCUT2D eigenvalue weighted by Gasteiger charge is 2.12. The normalized spacial score (nSPS) is 12.4. The molecule has 13 heavy (non-hydrogen) atoms. The van der Waals surface area contributed by atoms with Crippen LogP contribution in [0.1, 0.15) is 12.5 Å². The Balaban J connectivity index is 2.64. The van der Waals surface area contributed by atoms with E-state index in [0.717, 1.165) is 5.56 Å². The summed E-state index contributed by atoms with van der Waals surface area (Å²) >= 11 is 0. The second-order valence-electron chi connectivity index (χ2n) is 3.08. The first-order valence-corrected chi connectivity index (χ1v) is 4.07. The van der Waals surface area contributed by atoms with E-state index in [0.29, 0.717) is 12.1 Å². The number of rotatable bonds is 3. The third kappa shape index (κ3) is 2.74. The lowest BCUT2D eigenvalue weighted by atomic mass is 10.1. The Bertz CT molecular complexity index is 295. The molecule has 70 valence electrons. The average molecular weight is 180 g/mol. The summed E-state index contributed by atoms with van der Waals surface area (Å²) in [6.45, 7) is 1.59. The molecule has 0 unspecified atom stereocenters. The van der Waals surface area contributed by atoms with Gasteiger partial charge in [-0.15, -0.1) is 0 Å². The van der Waals surface area contributed by atoms with Crippen LogP contribution >= 0.6 is 0 Å². The number of hydrogen-bond acceptors (Lipinski definition) is 3. The van der Waals surface area contributed by atoms with Crippen molar-refractivity contribution >= 4 is 5.69 Å². The zero-order valence-corrected chi connectivity index (χ0v) is 7.43. The van der Waals surface area contributed by atoms with E-state index in [9.17, 15) is 10.1 Å². The van der Waals surface area contributed by atoms with Gasteiger partial charge in [-0.25, -0.2) is 0 Å². The van der Waals surface area contributed by atoms with Crippen LogP contribution in [-0.4, -0.2) is 11.0 Å². The molecule has 0 fully saturated rings. The molecule has 0 spiro atoms. The van der Waals surface area contributed by atoms with Crippen LogP contribution in [0.3, 0.4) is 0 Å². The van der Waals surface area contributed by atoms with Crippen molar-refractivity contribution in [2.75, 3.05) is 5.73 Å². The first-order valence-electron chi connectivity index (χ1n) is 4.07. The van der Waals surface area contributed by atoms with Gasteiger partial charge < -0.3 is 5.73 Å². The minimum Gasteiger partial charge on any atom is -0.399 e. The predicted molar refractivity (Wildman–Crippen MR) is 51.0 cm³/mol. The van der Waals surface area contributed by atoms with Crippen LogP contribution in [0, 0.1) is 10.1 Å². The summed E-state index contributed by atoms with van der Waals surface area (Å²) in [4.78, 5) is 10.1. The van der Waals surface area contributed by atoms with Crippen molar-refractivity contribution in [3.63, 3.8) is 0 Å². The molecule has 0 bridgehead atoms. The highest BCUT2D eigenvalue weighted by molar-refractivity contribution is 5.39. The average Bonchev–Trinajstić information content (AvgIpc) is 2.08. The SMILES string of the molecule is C[C@@H](Cc1ccc(N)cc1)[N+](=O)[O-]. The summed E-state index contributed by atoms with van der Waals surface area (Å²) < 4.78 is 0. The highest BCUT2D eigenvalue weighted by Crippen LogP contribution is 2.08. The topological polar surface area (TPSA) is 69.2 Å². The molecule has 0 aliphatic rings. The fourth-order valence-corrected chi connectivity index (χ4v) is 1.07. The first-order chi connectivity index (χ1) is 6.09. The molecular weight excluding hydrogens is 168 g/mol. The summed E-state index contributed by atoms with van der Waals surface area (Å²) in [6, 6.07) is 6.60. The lowest BCUT2D eigenvalue weighted by molar-refractivity contribution is -0.517. The standard InChI is InChI=1S/C9H12N2O2/c1-7(11(12)13)6-8-2-4-9(10)5-3-8/h2-5,7H,6,10H2,1H3/t7-/m0/s1. The van der Waals surface area contributed by atoms with Gasteiger partial charge in [-0.1, -0.05) is 12.1 Å². The number of anilines is 1. The smallest absolute Gasteiger partial charge is 0.214 e. The lowest BCUT2D eigenvalue weighted by Crippen LogP contribution is -2.17. The molecule has 4 heteroatoms. The molecule has 0 saturated carbocycles. The first kappa shape index (κ1) is 9.51. The monoisotopic (exact) mass is 180 g/mol. The summed E-state index contributed by atoms with van der Waals surface area (Å²) in [7, 11) is 0. The molecule has 2 N–H and O–H groups in total. The fourth-order valence-electron chi connectivity index (χ4n) is 1.07. The molecule has 1 aromatic rings. The minimum atomic E-state index is -0.538. The Hall–Kier alpha value is -1.58. The van der Waals surface area contributed by atoms with E-state index in [1.807, 2.05) is 12.1 Å². The van der Waals surface area contributed by atoms with E-state index < -0.39 is 6.04 Å². The summed E-state index contributed by atoms with van der Waals surface area (Å²) in [5.41, 5.74) is 7.10. The minimum absolute atomic E-state index is 0.281. The summed E-state index contributed by atoms with van der Waals surface area (Å²) in [5.74, 6) is 0. The Labute approximate surface area is 76.5 Å². The van der Waals surface area contributed by atoms with Crippen molar-refractivity contribution in [2.24, 2.45) is 0 Å². The van der Waals surface area contributed by atoms with Gasteiger partial charge in [-0.3, -0.25) is 10.1 Å². The van der Waals surface area contributed by atoms with Gasteiger partial charge in [-0.05, 0) is 17.7 Å². The van der Waals surface area contributed by atoms with E-state index in [1.54, 1.807) is 19.1 Å². The van der Waals surface area contributed by atoms with Gasteiger partial charge in [0.15, 0.2) is 0 Å². The molecular formula is C9H12N2O2. The number of nitro groups is 1. The van der Waals surface area contributed by atoms with Gasteiger partial charge in [-0.2, -0.15) is 0 Å². The molecule has 0 amide bonds. The van der Waals surface area contributed by atoms with Gasteiger partial charge in [0, 0.05) is 24.0 Å². The quantitative estimate of drug-likeness (QED) is 0.435.